The second kappa shape index (κ2) is 5.07. The van der Waals surface area contributed by atoms with Crippen molar-refractivity contribution in [2.24, 2.45) is 5.92 Å². The zero-order valence-corrected chi connectivity index (χ0v) is 8.38. The molecule has 0 saturated carbocycles. The van der Waals surface area contributed by atoms with Crippen LogP contribution in [0.25, 0.3) is 0 Å². The Balaban J connectivity index is 2.28. The summed E-state index contributed by atoms with van der Waals surface area (Å²) in [5.41, 5.74) is 0. The van der Waals surface area contributed by atoms with Crippen molar-refractivity contribution in [3.63, 3.8) is 0 Å². The number of carbonyl (C=O) groups is 1. The van der Waals surface area contributed by atoms with E-state index >= 15 is 0 Å². The van der Waals surface area contributed by atoms with Crippen LogP contribution in [0.5, 0.6) is 0 Å². The average molecular weight is 186 g/mol. The Kier molecular flexibility index (Phi) is 4.02. The number of nitrogens with one attached hydrogen (secondary N) is 1. The van der Waals surface area contributed by atoms with Crippen molar-refractivity contribution in [1.29, 1.82) is 0 Å². The number of rotatable bonds is 2. The summed E-state index contributed by atoms with van der Waals surface area (Å²) >= 11 is 0. The van der Waals surface area contributed by atoms with Crippen molar-refractivity contribution in [3.05, 3.63) is 0 Å². The van der Waals surface area contributed by atoms with Gasteiger partial charge in [-0.05, 0) is 18.8 Å². The molecule has 1 atom stereocenters. The molecule has 2 amide bonds. The van der Waals surface area contributed by atoms with Crippen LogP contribution in [0.4, 0.5) is 4.79 Å². The SMILES string of the molecule is COCNC(=O)N1CCCC(C)C1. The first-order valence-electron chi connectivity index (χ1n) is 4.75. The van der Waals surface area contributed by atoms with Crippen LogP contribution in [0, 0.1) is 5.92 Å². The number of methoxy groups -OCH3 is 1. The summed E-state index contributed by atoms with van der Waals surface area (Å²) in [4.78, 5) is 13.3. The highest BCUT2D eigenvalue weighted by molar-refractivity contribution is 5.74. The van der Waals surface area contributed by atoms with E-state index in [1.165, 1.54) is 6.42 Å². The Labute approximate surface area is 79.2 Å². The maximum Gasteiger partial charge on any atom is 0.319 e. The number of amides is 2. The van der Waals surface area contributed by atoms with Crippen LogP contribution in [-0.2, 0) is 4.74 Å². The summed E-state index contributed by atoms with van der Waals surface area (Å²) in [5.74, 6) is 0.627. The third kappa shape index (κ3) is 3.22. The summed E-state index contributed by atoms with van der Waals surface area (Å²) in [7, 11) is 1.57. The molecule has 1 heterocycles. The third-order valence-electron chi connectivity index (χ3n) is 2.31. The number of hydrogen-bond donors (Lipinski definition) is 1. The zero-order valence-electron chi connectivity index (χ0n) is 8.38. The molecule has 1 unspecified atom stereocenters. The molecule has 1 fully saturated rings. The molecule has 1 N–H and O–H groups in total. The van der Waals surface area contributed by atoms with Crippen molar-refractivity contribution in [3.8, 4) is 0 Å². The standard InChI is InChI=1S/C9H18N2O2/c1-8-4-3-5-11(6-8)9(12)10-7-13-2/h8H,3-7H2,1-2H3,(H,10,12). The van der Waals surface area contributed by atoms with Crippen LogP contribution in [-0.4, -0.2) is 37.9 Å². The topological polar surface area (TPSA) is 41.6 Å². The smallest absolute Gasteiger partial charge is 0.319 e. The molecule has 76 valence electrons. The van der Waals surface area contributed by atoms with Crippen molar-refractivity contribution in [2.45, 2.75) is 19.8 Å². The molecule has 4 heteroatoms. The van der Waals surface area contributed by atoms with Gasteiger partial charge in [0.05, 0.1) is 0 Å². The van der Waals surface area contributed by atoms with E-state index in [1.807, 2.05) is 4.90 Å². The second-order valence-electron chi connectivity index (χ2n) is 3.61. The van der Waals surface area contributed by atoms with Gasteiger partial charge < -0.3 is 15.0 Å². The van der Waals surface area contributed by atoms with Gasteiger partial charge >= 0.3 is 6.03 Å². The fourth-order valence-electron chi connectivity index (χ4n) is 1.62. The van der Waals surface area contributed by atoms with Crippen LogP contribution in [0.1, 0.15) is 19.8 Å². The molecule has 0 aromatic rings. The van der Waals surface area contributed by atoms with Crippen LogP contribution >= 0.6 is 0 Å². The third-order valence-corrected chi connectivity index (χ3v) is 2.31. The number of carbonyl (C=O) groups excluding carboxylic acids is 1. The first kappa shape index (κ1) is 10.3. The van der Waals surface area contributed by atoms with Gasteiger partial charge in [0.15, 0.2) is 0 Å². The van der Waals surface area contributed by atoms with Gasteiger partial charge in [-0.2, -0.15) is 0 Å². The van der Waals surface area contributed by atoms with Crippen LogP contribution in [0.2, 0.25) is 0 Å². The van der Waals surface area contributed by atoms with Gasteiger partial charge in [0.1, 0.15) is 6.73 Å². The summed E-state index contributed by atoms with van der Waals surface area (Å²) < 4.78 is 4.77. The Hall–Kier alpha value is -0.770. The lowest BCUT2D eigenvalue weighted by atomic mass is 10.0. The molecule has 0 aromatic carbocycles. The molecule has 1 saturated heterocycles. The summed E-state index contributed by atoms with van der Waals surface area (Å²) in [6.45, 7) is 4.22. The monoisotopic (exact) mass is 186 g/mol. The van der Waals surface area contributed by atoms with E-state index in [-0.39, 0.29) is 6.03 Å². The van der Waals surface area contributed by atoms with Crippen molar-refractivity contribution >= 4 is 6.03 Å². The number of hydrogen-bond acceptors (Lipinski definition) is 2. The van der Waals surface area contributed by atoms with Gasteiger partial charge in [-0.3, -0.25) is 0 Å². The summed E-state index contributed by atoms with van der Waals surface area (Å²) in [5, 5.41) is 2.69. The lowest BCUT2D eigenvalue weighted by molar-refractivity contribution is 0.140. The molecule has 0 aliphatic carbocycles. The van der Waals surface area contributed by atoms with E-state index in [4.69, 9.17) is 4.74 Å². The number of piperidine rings is 1. The first-order valence-corrected chi connectivity index (χ1v) is 4.75. The molecule has 13 heavy (non-hydrogen) atoms. The lowest BCUT2D eigenvalue weighted by Gasteiger charge is -2.30. The van der Waals surface area contributed by atoms with Gasteiger partial charge in [0.25, 0.3) is 0 Å². The van der Waals surface area contributed by atoms with E-state index < -0.39 is 0 Å². The van der Waals surface area contributed by atoms with E-state index in [9.17, 15) is 4.79 Å². The zero-order chi connectivity index (χ0) is 9.68. The minimum atomic E-state index is -0.00611. The highest BCUT2D eigenvalue weighted by Gasteiger charge is 2.20. The summed E-state index contributed by atoms with van der Waals surface area (Å²) in [6, 6.07) is -0.00611. The highest BCUT2D eigenvalue weighted by Crippen LogP contribution is 2.14. The van der Waals surface area contributed by atoms with Gasteiger partial charge in [-0.25, -0.2) is 4.79 Å². The number of urea groups is 1. The summed E-state index contributed by atoms with van der Waals surface area (Å²) in [6.07, 6.45) is 2.34. The van der Waals surface area contributed by atoms with Gasteiger partial charge in [0.2, 0.25) is 0 Å². The van der Waals surface area contributed by atoms with E-state index in [0.29, 0.717) is 12.6 Å². The number of ether oxygens (including phenoxy) is 1. The Bertz CT molecular complexity index is 173. The molecular formula is C9H18N2O2. The Morgan fingerprint density at radius 1 is 1.69 bits per heavy atom. The van der Waals surface area contributed by atoms with Gasteiger partial charge in [-0.15, -0.1) is 0 Å². The molecule has 0 spiro atoms. The Morgan fingerprint density at radius 3 is 3.08 bits per heavy atom. The van der Waals surface area contributed by atoms with Gasteiger partial charge in [0, 0.05) is 20.2 Å². The second-order valence-corrected chi connectivity index (χ2v) is 3.61. The molecular weight excluding hydrogens is 168 g/mol. The molecule has 0 bridgehead atoms. The molecule has 1 aliphatic rings. The quantitative estimate of drug-likeness (QED) is 0.654. The Morgan fingerprint density at radius 2 is 2.46 bits per heavy atom. The van der Waals surface area contributed by atoms with Crippen molar-refractivity contribution in [1.82, 2.24) is 10.2 Å². The lowest BCUT2D eigenvalue weighted by Crippen LogP contribution is -2.45. The van der Waals surface area contributed by atoms with E-state index in [2.05, 4.69) is 12.2 Å². The molecule has 1 rings (SSSR count). The molecule has 1 aliphatic heterocycles. The van der Waals surface area contributed by atoms with Crippen molar-refractivity contribution < 1.29 is 9.53 Å². The molecule has 0 radical (unpaired) electrons. The average Bonchev–Trinajstić information content (AvgIpc) is 2.14. The largest absolute Gasteiger partial charge is 0.364 e. The van der Waals surface area contributed by atoms with Crippen molar-refractivity contribution in [2.75, 3.05) is 26.9 Å². The fourth-order valence-corrected chi connectivity index (χ4v) is 1.62. The predicted octanol–water partition coefficient (Wildman–Crippen LogP) is 1.03. The fraction of sp³-hybridized carbons (Fsp3) is 0.889. The van der Waals surface area contributed by atoms with Crippen LogP contribution in [0.15, 0.2) is 0 Å². The minimum absolute atomic E-state index is 0.00611. The highest BCUT2D eigenvalue weighted by atomic mass is 16.5. The van der Waals surface area contributed by atoms with Crippen LogP contribution < -0.4 is 5.32 Å². The molecule has 4 nitrogen and oxygen atoms in total. The molecule has 0 aromatic heterocycles. The number of nitrogens with zero attached hydrogens (tertiary/aromatic N) is 1. The maximum absolute atomic E-state index is 11.4. The maximum atomic E-state index is 11.4. The first-order chi connectivity index (χ1) is 6.24. The van der Waals surface area contributed by atoms with Gasteiger partial charge in [-0.1, -0.05) is 6.92 Å². The number of likely N-dealkylation sites (tertiary alicyclic amines) is 1. The predicted molar refractivity (Wildman–Crippen MR) is 50.4 cm³/mol. The minimum Gasteiger partial charge on any atom is -0.364 e. The normalized spacial score (nSPS) is 22.9. The van der Waals surface area contributed by atoms with E-state index in [0.717, 1.165) is 19.5 Å². The van der Waals surface area contributed by atoms with Crippen LogP contribution in [0.3, 0.4) is 0 Å². The van der Waals surface area contributed by atoms with E-state index in [1.54, 1.807) is 7.11 Å².